The van der Waals surface area contributed by atoms with E-state index in [4.69, 9.17) is 9.47 Å². The fourth-order valence-corrected chi connectivity index (χ4v) is 4.85. The van der Waals surface area contributed by atoms with Gasteiger partial charge in [-0.1, -0.05) is 37.3 Å². The van der Waals surface area contributed by atoms with Gasteiger partial charge in [0.05, 0.1) is 5.92 Å². The van der Waals surface area contributed by atoms with Crippen molar-refractivity contribution in [2.45, 2.75) is 45.1 Å². The third kappa shape index (κ3) is 4.87. The van der Waals surface area contributed by atoms with Gasteiger partial charge in [0.1, 0.15) is 0 Å². The second kappa shape index (κ2) is 8.91. The van der Waals surface area contributed by atoms with Crippen LogP contribution in [0.4, 0.5) is 0 Å². The van der Waals surface area contributed by atoms with Crippen LogP contribution in [0, 0.1) is 11.8 Å². The first kappa shape index (κ1) is 20.4. The van der Waals surface area contributed by atoms with Crippen molar-refractivity contribution in [2.75, 3.05) is 26.4 Å². The summed E-state index contributed by atoms with van der Waals surface area (Å²) in [6.45, 7) is 6.04. The predicted octanol–water partition coefficient (Wildman–Crippen LogP) is 4.11. The second-order valence-electron chi connectivity index (χ2n) is 9.29. The van der Waals surface area contributed by atoms with Crippen LogP contribution in [-0.4, -0.2) is 37.2 Å². The van der Waals surface area contributed by atoms with E-state index in [1.165, 1.54) is 24.0 Å². The Morgan fingerprint density at radius 1 is 1.03 bits per heavy atom. The van der Waals surface area contributed by atoms with Crippen LogP contribution in [0.2, 0.25) is 0 Å². The van der Waals surface area contributed by atoms with E-state index in [-0.39, 0.29) is 18.6 Å². The molecule has 0 aromatic heterocycles. The van der Waals surface area contributed by atoms with Gasteiger partial charge in [-0.2, -0.15) is 0 Å². The zero-order valence-electron chi connectivity index (χ0n) is 18.3. The third-order valence-electron chi connectivity index (χ3n) is 6.87. The SMILES string of the molecule is CCc1ccc(C2CC(C(=O)NCc3ccc4c(c3)OCO4)CN(CC3CC3)C2)cc1. The number of hydrogen-bond donors (Lipinski definition) is 1. The molecule has 5 rings (SSSR count). The Labute approximate surface area is 184 Å². The Morgan fingerprint density at radius 3 is 2.58 bits per heavy atom. The molecule has 0 bridgehead atoms. The maximum Gasteiger partial charge on any atom is 0.231 e. The van der Waals surface area contributed by atoms with Gasteiger partial charge in [0.25, 0.3) is 0 Å². The molecule has 2 atom stereocenters. The topological polar surface area (TPSA) is 50.8 Å². The zero-order chi connectivity index (χ0) is 21.2. The molecule has 164 valence electrons. The molecular formula is C26H32N2O3. The van der Waals surface area contributed by atoms with Crippen LogP contribution in [0.5, 0.6) is 11.5 Å². The first-order chi connectivity index (χ1) is 15.2. The number of hydrogen-bond acceptors (Lipinski definition) is 4. The summed E-state index contributed by atoms with van der Waals surface area (Å²) < 4.78 is 10.8. The third-order valence-corrected chi connectivity index (χ3v) is 6.87. The lowest BCUT2D eigenvalue weighted by molar-refractivity contribution is -0.127. The van der Waals surface area contributed by atoms with E-state index in [0.717, 1.165) is 55.5 Å². The maximum atomic E-state index is 13.1. The van der Waals surface area contributed by atoms with Gasteiger partial charge in [-0.3, -0.25) is 4.79 Å². The van der Waals surface area contributed by atoms with Gasteiger partial charge in [0.2, 0.25) is 12.7 Å². The lowest BCUT2D eigenvalue weighted by Gasteiger charge is -2.37. The first-order valence-corrected chi connectivity index (χ1v) is 11.7. The van der Waals surface area contributed by atoms with Crippen LogP contribution in [0.1, 0.15) is 48.8 Å². The molecule has 1 aliphatic carbocycles. The van der Waals surface area contributed by atoms with Gasteiger partial charge < -0.3 is 19.7 Å². The molecule has 2 aromatic carbocycles. The number of piperidine rings is 1. The summed E-state index contributed by atoms with van der Waals surface area (Å²) in [7, 11) is 0. The Morgan fingerprint density at radius 2 is 1.81 bits per heavy atom. The first-order valence-electron chi connectivity index (χ1n) is 11.7. The number of nitrogens with zero attached hydrogens (tertiary/aromatic N) is 1. The van der Waals surface area contributed by atoms with E-state index in [2.05, 4.69) is 41.4 Å². The smallest absolute Gasteiger partial charge is 0.231 e. The van der Waals surface area contributed by atoms with Crippen LogP contribution in [0.3, 0.4) is 0 Å². The van der Waals surface area contributed by atoms with Crippen molar-refractivity contribution in [2.24, 2.45) is 11.8 Å². The summed E-state index contributed by atoms with van der Waals surface area (Å²) in [5, 5.41) is 3.18. The number of carbonyl (C=O) groups is 1. The minimum absolute atomic E-state index is 0.0253. The molecule has 2 fully saturated rings. The highest BCUT2D eigenvalue weighted by Gasteiger charge is 2.35. The monoisotopic (exact) mass is 420 g/mol. The number of carbonyl (C=O) groups excluding carboxylic acids is 1. The summed E-state index contributed by atoms with van der Waals surface area (Å²) in [5.41, 5.74) is 3.77. The number of ether oxygens (including phenoxy) is 2. The molecule has 1 N–H and O–H groups in total. The summed E-state index contributed by atoms with van der Waals surface area (Å²) in [6, 6.07) is 14.9. The molecule has 3 aliphatic rings. The molecule has 2 aliphatic heterocycles. The van der Waals surface area contributed by atoms with Crippen molar-refractivity contribution < 1.29 is 14.3 Å². The lowest BCUT2D eigenvalue weighted by Crippen LogP contribution is -2.46. The van der Waals surface area contributed by atoms with E-state index < -0.39 is 0 Å². The molecule has 2 unspecified atom stereocenters. The average molecular weight is 421 g/mol. The fraction of sp³-hybridized carbons (Fsp3) is 0.500. The summed E-state index contributed by atoms with van der Waals surface area (Å²) in [6.07, 6.45) is 4.66. The highest BCUT2D eigenvalue weighted by Crippen LogP contribution is 2.36. The molecule has 2 heterocycles. The van der Waals surface area contributed by atoms with Crippen LogP contribution in [-0.2, 0) is 17.8 Å². The van der Waals surface area contributed by atoms with Crippen LogP contribution in [0.15, 0.2) is 42.5 Å². The largest absolute Gasteiger partial charge is 0.454 e. The summed E-state index contributed by atoms with van der Waals surface area (Å²) in [5.74, 6) is 2.97. The predicted molar refractivity (Wildman–Crippen MR) is 120 cm³/mol. The molecule has 1 saturated heterocycles. The Balaban J connectivity index is 1.25. The number of nitrogens with one attached hydrogen (secondary N) is 1. The van der Waals surface area contributed by atoms with Gasteiger partial charge in [-0.25, -0.2) is 0 Å². The van der Waals surface area contributed by atoms with Crippen molar-refractivity contribution in [1.29, 1.82) is 0 Å². The second-order valence-corrected chi connectivity index (χ2v) is 9.29. The molecule has 5 nitrogen and oxygen atoms in total. The van der Waals surface area contributed by atoms with E-state index in [1.807, 2.05) is 18.2 Å². The molecule has 2 aromatic rings. The van der Waals surface area contributed by atoms with Crippen LogP contribution < -0.4 is 14.8 Å². The molecule has 0 radical (unpaired) electrons. The van der Waals surface area contributed by atoms with Crippen molar-refractivity contribution >= 4 is 5.91 Å². The van der Waals surface area contributed by atoms with Crippen molar-refractivity contribution in [1.82, 2.24) is 10.2 Å². The number of amides is 1. The number of benzene rings is 2. The van der Waals surface area contributed by atoms with Gasteiger partial charge in [0, 0.05) is 26.2 Å². The van der Waals surface area contributed by atoms with Gasteiger partial charge >= 0.3 is 0 Å². The highest BCUT2D eigenvalue weighted by atomic mass is 16.7. The van der Waals surface area contributed by atoms with E-state index in [1.54, 1.807) is 0 Å². The van der Waals surface area contributed by atoms with Crippen LogP contribution >= 0.6 is 0 Å². The summed E-state index contributed by atoms with van der Waals surface area (Å²) >= 11 is 0. The minimum atomic E-state index is 0.0253. The molecule has 5 heteroatoms. The number of fused-ring (bicyclic) bond motifs is 1. The standard InChI is InChI=1S/C26H32N2O3/c1-2-18-5-8-21(9-6-18)22-12-23(16-28(15-22)14-19-3-4-19)26(29)27-13-20-7-10-24-25(11-20)31-17-30-24/h5-11,19,22-23H,2-4,12-17H2,1H3,(H,27,29). The van der Waals surface area contributed by atoms with Crippen LogP contribution in [0.25, 0.3) is 0 Å². The number of aryl methyl sites for hydroxylation is 1. The quantitative estimate of drug-likeness (QED) is 0.732. The maximum absolute atomic E-state index is 13.1. The minimum Gasteiger partial charge on any atom is -0.454 e. The van der Waals surface area contributed by atoms with Crippen molar-refractivity contribution in [3.8, 4) is 11.5 Å². The number of rotatable bonds is 7. The number of likely N-dealkylation sites (tertiary alicyclic amines) is 1. The fourth-order valence-electron chi connectivity index (χ4n) is 4.85. The average Bonchev–Trinajstić information content (AvgIpc) is 3.49. The Bertz CT molecular complexity index is 923. The van der Waals surface area contributed by atoms with Crippen molar-refractivity contribution in [3.63, 3.8) is 0 Å². The summed E-state index contributed by atoms with van der Waals surface area (Å²) in [4.78, 5) is 15.7. The van der Waals surface area contributed by atoms with E-state index in [9.17, 15) is 4.79 Å². The molecule has 31 heavy (non-hydrogen) atoms. The zero-order valence-corrected chi connectivity index (χ0v) is 18.3. The Kier molecular flexibility index (Phi) is 5.86. The van der Waals surface area contributed by atoms with E-state index in [0.29, 0.717) is 12.5 Å². The lowest BCUT2D eigenvalue weighted by atomic mass is 9.83. The molecule has 0 spiro atoms. The Hall–Kier alpha value is -2.53. The van der Waals surface area contributed by atoms with Gasteiger partial charge in [-0.15, -0.1) is 0 Å². The van der Waals surface area contributed by atoms with Gasteiger partial charge in [-0.05, 0) is 66.3 Å². The van der Waals surface area contributed by atoms with Crippen molar-refractivity contribution in [3.05, 3.63) is 59.2 Å². The molecule has 1 saturated carbocycles. The highest BCUT2D eigenvalue weighted by molar-refractivity contribution is 5.79. The van der Waals surface area contributed by atoms with Gasteiger partial charge in [0.15, 0.2) is 11.5 Å². The molecular weight excluding hydrogens is 388 g/mol. The molecule has 1 amide bonds. The normalized spacial score (nSPS) is 23.0. The van der Waals surface area contributed by atoms with E-state index >= 15 is 0 Å².